The topological polar surface area (TPSA) is 74.8 Å². The van der Waals surface area contributed by atoms with Gasteiger partial charge < -0.3 is 10.2 Å². The first-order valence-electron chi connectivity index (χ1n) is 6.39. The van der Waals surface area contributed by atoms with Crippen molar-refractivity contribution in [3.8, 4) is 11.5 Å². The normalized spacial score (nSPS) is 12.0. The van der Waals surface area contributed by atoms with Gasteiger partial charge in [-0.1, -0.05) is 0 Å². The van der Waals surface area contributed by atoms with Gasteiger partial charge in [-0.3, -0.25) is 4.79 Å². The summed E-state index contributed by atoms with van der Waals surface area (Å²) in [5, 5.41) is 26.3. The number of aromatic hydroxyl groups is 2. The highest BCUT2D eigenvalue weighted by Crippen LogP contribution is 2.39. The van der Waals surface area contributed by atoms with Crippen LogP contribution in [0.2, 0.25) is 0 Å². The molecule has 0 aliphatic carbocycles. The summed E-state index contributed by atoms with van der Waals surface area (Å²) >= 11 is 6.54. The molecule has 5 nitrogen and oxygen atoms in total. The van der Waals surface area contributed by atoms with E-state index in [9.17, 15) is 15.0 Å². The van der Waals surface area contributed by atoms with E-state index < -0.39 is 0 Å². The first-order valence-corrected chi connectivity index (χ1v) is 7.97. The van der Waals surface area contributed by atoms with E-state index in [-0.39, 0.29) is 32.3 Å². The molecule has 0 saturated carbocycles. The molecule has 0 atom stereocenters. The third kappa shape index (κ3) is 1.52. The molecular formula is C15H8Br2N2O3. The van der Waals surface area contributed by atoms with Crippen molar-refractivity contribution in [1.82, 2.24) is 9.61 Å². The second-order valence-corrected chi connectivity index (χ2v) is 6.80. The SMILES string of the molecule is Cc1nn2c3c(O)cc(Br)c(O)c3c(=O)c3c(Br)ccc1c32. The Morgan fingerprint density at radius 1 is 1.09 bits per heavy atom. The van der Waals surface area contributed by atoms with Crippen molar-refractivity contribution in [2.75, 3.05) is 0 Å². The number of aryl methyl sites for hydroxylation is 1. The van der Waals surface area contributed by atoms with Gasteiger partial charge in [0, 0.05) is 15.9 Å². The molecule has 2 aromatic carbocycles. The lowest BCUT2D eigenvalue weighted by Gasteiger charge is -2.10. The minimum atomic E-state index is -0.353. The van der Waals surface area contributed by atoms with Crippen LogP contribution in [-0.4, -0.2) is 19.8 Å². The summed E-state index contributed by atoms with van der Waals surface area (Å²) in [6, 6.07) is 5.01. The van der Waals surface area contributed by atoms with E-state index in [2.05, 4.69) is 37.0 Å². The van der Waals surface area contributed by atoms with Crippen LogP contribution in [0.15, 0.2) is 31.9 Å². The van der Waals surface area contributed by atoms with Gasteiger partial charge in [-0.05, 0) is 50.9 Å². The molecule has 4 rings (SSSR count). The fraction of sp³-hybridized carbons (Fsp3) is 0.0667. The number of hydrogen-bond donors (Lipinski definition) is 2. The van der Waals surface area contributed by atoms with E-state index in [0.717, 1.165) is 11.1 Å². The third-order valence-electron chi connectivity index (χ3n) is 3.85. The number of fused-ring (bicyclic) bond motifs is 2. The molecule has 2 aromatic heterocycles. The molecule has 22 heavy (non-hydrogen) atoms. The van der Waals surface area contributed by atoms with Crippen molar-refractivity contribution in [3.05, 3.63) is 43.1 Å². The van der Waals surface area contributed by atoms with Crippen LogP contribution in [0.5, 0.6) is 11.5 Å². The number of hydrogen-bond acceptors (Lipinski definition) is 4. The van der Waals surface area contributed by atoms with Crippen molar-refractivity contribution in [2.24, 2.45) is 0 Å². The molecule has 0 fully saturated rings. The molecule has 0 spiro atoms. The molecule has 0 unspecified atom stereocenters. The van der Waals surface area contributed by atoms with E-state index in [1.165, 1.54) is 10.6 Å². The Morgan fingerprint density at radius 3 is 2.55 bits per heavy atom. The van der Waals surface area contributed by atoms with Crippen molar-refractivity contribution in [1.29, 1.82) is 0 Å². The first-order chi connectivity index (χ1) is 10.4. The molecule has 4 aromatic rings. The van der Waals surface area contributed by atoms with E-state index in [4.69, 9.17) is 0 Å². The average Bonchev–Trinajstić information content (AvgIpc) is 2.78. The smallest absolute Gasteiger partial charge is 0.202 e. The number of nitrogens with zero attached hydrogens (tertiary/aromatic N) is 2. The zero-order chi connectivity index (χ0) is 15.8. The summed E-state index contributed by atoms with van der Waals surface area (Å²) in [6.07, 6.45) is 0. The maximum atomic E-state index is 12.9. The second-order valence-electron chi connectivity index (χ2n) is 5.09. The van der Waals surface area contributed by atoms with E-state index in [0.29, 0.717) is 15.4 Å². The van der Waals surface area contributed by atoms with Crippen molar-refractivity contribution >= 4 is 59.1 Å². The van der Waals surface area contributed by atoms with Gasteiger partial charge in [0.15, 0.2) is 0 Å². The maximum Gasteiger partial charge on any atom is 0.202 e. The van der Waals surface area contributed by atoms with Gasteiger partial charge in [0.05, 0.1) is 26.5 Å². The van der Waals surface area contributed by atoms with Crippen molar-refractivity contribution < 1.29 is 10.2 Å². The van der Waals surface area contributed by atoms with Crippen LogP contribution in [0.3, 0.4) is 0 Å². The highest BCUT2D eigenvalue weighted by atomic mass is 79.9. The lowest BCUT2D eigenvalue weighted by molar-refractivity contribution is 0.464. The predicted octanol–water partition coefficient (Wildman–Crippen LogP) is 3.68. The second kappa shape index (κ2) is 4.33. The summed E-state index contributed by atoms with van der Waals surface area (Å²) in [5.74, 6) is -0.330. The molecule has 0 aliphatic rings. The minimum Gasteiger partial charge on any atom is -0.506 e. The number of phenolic OH excluding ortho intramolecular Hbond substituents is 2. The highest BCUT2D eigenvalue weighted by Gasteiger charge is 2.22. The average molecular weight is 424 g/mol. The summed E-state index contributed by atoms with van der Waals surface area (Å²) in [6.45, 7) is 1.84. The number of halogens is 2. The fourth-order valence-electron chi connectivity index (χ4n) is 2.88. The molecule has 0 radical (unpaired) electrons. The van der Waals surface area contributed by atoms with Gasteiger partial charge in [-0.15, -0.1) is 0 Å². The molecule has 0 bridgehead atoms. The Labute approximate surface area is 140 Å². The minimum absolute atomic E-state index is 0.0377. The monoisotopic (exact) mass is 422 g/mol. The zero-order valence-electron chi connectivity index (χ0n) is 11.2. The summed E-state index contributed by atoms with van der Waals surface area (Å²) in [7, 11) is 0. The molecule has 110 valence electrons. The van der Waals surface area contributed by atoms with E-state index in [1.807, 2.05) is 13.0 Å². The number of benzene rings is 2. The standard InChI is InChI=1S/C15H8Br2N2O3/c1-5-6-2-3-7(16)10-12(6)19(18-5)13-9(20)4-8(17)14(21)11(13)15(10)22/h2-4,20-21H,1H3. The molecule has 2 heterocycles. The summed E-state index contributed by atoms with van der Waals surface area (Å²) in [5.41, 5.74) is 1.22. The van der Waals surface area contributed by atoms with Gasteiger partial charge in [0.2, 0.25) is 5.43 Å². The van der Waals surface area contributed by atoms with Gasteiger partial charge in [-0.2, -0.15) is 5.10 Å². The Bertz CT molecular complexity index is 1150. The largest absolute Gasteiger partial charge is 0.506 e. The van der Waals surface area contributed by atoms with Crippen LogP contribution in [0.4, 0.5) is 0 Å². The van der Waals surface area contributed by atoms with E-state index >= 15 is 0 Å². The van der Waals surface area contributed by atoms with Crippen LogP contribution in [0.1, 0.15) is 5.69 Å². The lowest BCUT2D eigenvalue weighted by atomic mass is 10.1. The molecule has 0 amide bonds. The molecule has 7 heteroatoms. The van der Waals surface area contributed by atoms with Gasteiger partial charge in [0.25, 0.3) is 0 Å². The first kappa shape index (κ1) is 13.8. The van der Waals surface area contributed by atoms with Crippen molar-refractivity contribution in [3.63, 3.8) is 0 Å². The van der Waals surface area contributed by atoms with E-state index in [1.54, 1.807) is 6.07 Å². The van der Waals surface area contributed by atoms with Crippen LogP contribution in [0.25, 0.3) is 27.2 Å². The van der Waals surface area contributed by atoms with Gasteiger partial charge in [0.1, 0.15) is 17.0 Å². The Kier molecular flexibility index (Phi) is 2.71. The fourth-order valence-corrected chi connectivity index (χ4v) is 3.80. The van der Waals surface area contributed by atoms with Crippen LogP contribution in [0, 0.1) is 6.92 Å². The number of rotatable bonds is 0. The van der Waals surface area contributed by atoms with Crippen molar-refractivity contribution in [2.45, 2.75) is 6.92 Å². The van der Waals surface area contributed by atoms with Crippen LogP contribution in [-0.2, 0) is 0 Å². The summed E-state index contributed by atoms with van der Waals surface area (Å²) < 4.78 is 2.39. The number of pyridine rings is 1. The Balaban J connectivity index is 2.53. The van der Waals surface area contributed by atoms with Crippen LogP contribution < -0.4 is 5.43 Å². The number of phenols is 2. The van der Waals surface area contributed by atoms with Crippen LogP contribution >= 0.6 is 31.9 Å². The third-order valence-corrected chi connectivity index (χ3v) is 5.12. The lowest BCUT2D eigenvalue weighted by Crippen LogP contribution is -2.08. The number of aromatic nitrogens is 2. The molecule has 0 saturated heterocycles. The highest BCUT2D eigenvalue weighted by molar-refractivity contribution is 9.11. The molecule has 2 N–H and O–H groups in total. The van der Waals surface area contributed by atoms with Gasteiger partial charge >= 0.3 is 0 Å². The Morgan fingerprint density at radius 2 is 1.82 bits per heavy atom. The predicted molar refractivity (Wildman–Crippen MR) is 91.1 cm³/mol. The van der Waals surface area contributed by atoms with Gasteiger partial charge in [-0.25, -0.2) is 4.52 Å². The summed E-state index contributed by atoms with van der Waals surface area (Å²) in [4.78, 5) is 12.9. The maximum absolute atomic E-state index is 12.9. The zero-order valence-corrected chi connectivity index (χ0v) is 14.4. The molecule has 0 aliphatic heterocycles. The Hall–Kier alpha value is -1.86. The molecular weight excluding hydrogens is 416 g/mol. The quantitative estimate of drug-likeness (QED) is 0.334.